The van der Waals surface area contributed by atoms with Gasteiger partial charge in [0.1, 0.15) is 11.8 Å². The van der Waals surface area contributed by atoms with Crippen LogP contribution in [0.25, 0.3) is 10.2 Å². The Hall–Kier alpha value is -4.37. The van der Waals surface area contributed by atoms with Crippen molar-refractivity contribution in [3.63, 3.8) is 0 Å². The number of nitrogens with zero attached hydrogens (tertiary/aromatic N) is 3. The lowest BCUT2D eigenvalue weighted by Crippen LogP contribution is -2.50. The van der Waals surface area contributed by atoms with Crippen LogP contribution in [0.3, 0.4) is 0 Å². The van der Waals surface area contributed by atoms with E-state index in [1.54, 1.807) is 39.0 Å². The molecule has 2 amide bonds. The first kappa shape index (κ1) is 33.5. The molecule has 1 saturated heterocycles. The van der Waals surface area contributed by atoms with Crippen molar-refractivity contribution in [2.75, 3.05) is 20.2 Å². The summed E-state index contributed by atoms with van der Waals surface area (Å²) in [5.74, 6) is -1.48. The molecule has 13 nitrogen and oxygen atoms in total. The number of likely N-dealkylation sites (tertiary alicyclic amines) is 1. The molecular formula is C30H36N6O7S2. The number of ether oxygens (including phenoxy) is 1. The number of guanidine groups is 1. The van der Waals surface area contributed by atoms with Gasteiger partial charge in [-0.25, -0.2) is 18.1 Å². The van der Waals surface area contributed by atoms with E-state index in [9.17, 15) is 27.6 Å². The Kier molecular flexibility index (Phi) is 10.2. The summed E-state index contributed by atoms with van der Waals surface area (Å²) < 4.78 is 34.8. The number of aliphatic imine (C=N–C) groups is 1. The fourth-order valence-electron chi connectivity index (χ4n) is 5.28. The zero-order valence-corrected chi connectivity index (χ0v) is 27.3. The second-order valence-corrected chi connectivity index (χ2v) is 13.5. The van der Waals surface area contributed by atoms with Crippen molar-refractivity contribution in [1.29, 1.82) is 0 Å². The predicted octanol–water partition coefficient (Wildman–Crippen LogP) is 2.16. The summed E-state index contributed by atoms with van der Waals surface area (Å²) in [6, 6.07) is 6.83. The molecule has 0 bridgehead atoms. The Morgan fingerprint density at radius 1 is 1.20 bits per heavy atom. The first-order valence-corrected chi connectivity index (χ1v) is 16.5. The summed E-state index contributed by atoms with van der Waals surface area (Å²) in [7, 11) is -2.55. The zero-order chi connectivity index (χ0) is 33.1. The Balaban J connectivity index is 1.48. The van der Waals surface area contributed by atoms with Crippen molar-refractivity contribution < 1.29 is 32.3 Å². The Morgan fingerprint density at radius 2 is 1.91 bits per heavy atom. The van der Waals surface area contributed by atoms with Crippen LogP contribution in [-0.2, 0) is 24.4 Å². The average Bonchev–Trinajstić information content (AvgIpc) is 3.59. The lowest BCUT2D eigenvalue weighted by Gasteiger charge is -2.24. The smallest absolute Gasteiger partial charge is 0.264 e. The van der Waals surface area contributed by atoms with Crippen LogP contribution in [0.15, 0.2) is 40.2 Å². The molecule has 4 rings (SSSR count). The largest absolute Gasteiger partial charge is 0.496 e. The molecule has 4 N–H and O–H groups in total. The third kappa shape index (κ3) is 7.48. The fourth-order valence-corrected chi connectivity index (χ4v) is 7.72. The highest BCUT2D eigenvalue weighted by atomic mass is 32.2. The van der Waals surface area contributed by atoms with E-state index in [2.05, 4.69) is 20.0 Å². The van der Waals surface area contributed by atoms with Gasteiger partial charge >= 0.3 is 0 Å². The monoisotopic (exact) mass is 656 g/mol. The lowest BCUT2D eigenvalue weighted by molar-refractivity contribution is -0.137. The molecule has 45 heavy (non-hydrogen) atoms. The minimum absolute atomic E-state index is 0.0366. The number of amides is 2. The van der Waals surface area contributed by atoms with E-state index in [0.717, 1.165) is 4.70 Å². The van der Waals surface area contributed by atoms with Crippen LogP contribution >= 0.6 is 11.3 Å². The van der Waals surface area contributed by atoms with Crippen LogP contribution in [-0.4, -0.2) is 79.9 Å². The molecule has 0 unspecified atom stereocenters. The highest BCUT2D eigenvalue weighted by Gasteiger charge is 2.39. The van der Waals surface area contributed by atoms with Gasteiger partial charge in [-0.15, -0.1) is 11.3 Å². The maximum absolute atomic E-state index is 13.6. The van der Waals surface area contributed by atoms with Crippen LogP contribution in [0, 0.1) is 20.8 Å². The molecule has 1 aliphatic rings. The number of aromatic nitrogens is 1. The second-order valence-electron chi connectivity index (χ2n) is 10.8. The number of benzene rings is 2. The van der Waals surface area contributed by atoms with E-state index in [1.165, 1.54) is 30.3 Å². The minimum atomic E-state index is -4.07. The van der Waals surface area contributed by atoms with E-state index < -0.39 is 39.7 Å². The zero-order valence-electron chi connectivity index (χ0n) is 25.7. The third-order valence-electron chi connectivity index (χ3n) is 7.63. The van der Waals surface area contributed by atoms with Gasteiger partial charge < -0.3 is 20.7 Å². The van der Waals surface area contributed by atoms with Gasteiger partial charge in [-0.2, -0.15) is 0 Å². The van der Waals surface area contributed by atoms with Crippen LogP contribution in [0.2, 0.25) is 0 Å². The summed E-state index contributed by atoms with van der Waals surface area (Å²) in [4.78, 5) is 60.7. The highest BCUT2D eigenvalue weighted by Crippen LogP contribution is 2.30. The van der Waals surface area contributed by atoms with E-state index in [1.807, 2.05) is 12.1 Å². The number of thiazole rings is 1. The average molecular weight is 657 g/mol. The van der Waals surface area contributed by atoms with E-state index in [0.29, 0.717) is 28.0 Å². The molecule has 0 spiro atoms. The quantitative estimate of drug-likeness (QED) is 0.120. The van der Waals surface area contributed by atoms with Gasteiger partial charge in [-0.1, -0.05) is 12.1 Å². The number of fused-ring (bicyclic) bond motifs is 1. The molecule has 0 aliphatic carbocycles. The highest BCUT2D eigenvalue weighted by molar-refractivity contribution is 7.90. The number of sulfonamides is 1. The van der Waals surface area contributed by atoms with Crippen molar-refractivity contribution in [2.45, 2.75) is 63.9 Å². The van der Waals surface area contributed by atoms with Gasteiger partial charge in [0.2, 0.25) is 23.6 Å². The van der Waals surface area contributed by atoms with Crippen molar-refractivity contribution >= 4 is 60.9 Å². The molecule has 1 aromatic heterocycles. The number of methoxy groups -OCH3 is 1. The van der Waals surface area contributed by atoms with E-state index in [-0.39, 0.29) is 54.0 Å². The van der Waals surface area contributed by atoms with Gasteiger partial charge in [0.15, 0.2) is 10.8 Å². The van der Waals surface area contributed by atoms with Gasteiger partial charge in [0.05, 0.1) is 34.8 Å². The summed E-state index contributed by atoms with van der Waals surface area (Å²) in [6.07, 6.45) is 0.214. The first-order valence-electron chi connectivity index (χ1n) is 14.2. The molecule has 0 radical (unpaired) electrons. The standard InChI is InChI=1S/C30H36N6O7S2/c1-16-13-24(43-5)17(2)18(3)27(16)45(41,42)35-30(31)32-12-8-10-22(26(39)29-34-21-9-6-7-11-25(21)44-29)33-28(40)23-14-20(38)15-36(23)19(4)37/h6-7,9,11,13,22-23H,8,10,12,14-15H2,1-5H3,(H,33,40)(H3,31,32,35)/t22-,23-/m0/s1. The molecule has 1 aliphatic heterocycles. The first-order chi connectivity index (χ1) is 21.2. The normalized spacial score (nSPS) is 16.1. The summed E-state index contributed by atoms with van der Waals surface area (Å²) in [5.41, 5.74) is 8.26. The van der Waals surface area contributed by atoms with Crippen molar-refractivity contribution in [3.8, 4) is 5.75 Å². The number of ketones is 2. The fraction of sp³-hybridized carbons (Fsp3) is 0.400. The molecule has 240 valence electrons. The number of hydrogen-bond donors (Lipinski definition) is 3. The van der Waals surface area contributed by atoms with Crippen molar-refractivity contribution in [2.24, 2.45) is 10.7 Å². The summed E-state index contributed by atoms with van der Waals surface area (Å²) >= 11 is 1.19. The van der Waals surface area contributed by atoms with Crippen molar-refractivity contribution in [3.05, 3.63) is 52.0 Å². The number of rotatable bonds is 11. The molecule has 0 saturated carbocycles. The van der Waals surface area contributed by atoms with Crippen LogP contribution in [0.4, 0.5) is 0 Å². The molecule has 1 fully saturated rings. The second kappa shape index (κ2) is 13.7. The van der Waals surface area contributed by atoms with Gasteiger partial charge in [0, 0.05) is 19.9 Å². The third-order valence-corrected chi connectivity index (χ3v) is 10.3. The van der Waals surface area contributed by atoms with Crippen LogP contribution in [0.5, 0.6) is 5.75 Å². The van der Waals surface area contributed by atoms with Gasteiger partial charge in [-0.05, 0) is 68.5 Å². The van der Waals surface area contributed by atoms with Gasteiger partial charge in [-0.3, -0.25) is 24.2 Å². The summed E-state index contributed by atoms with van der Waals surface area (Å²) in [6.45, 7) is 6.25. The van der Waals surface area contributed by atoms with Gasteiger partial charge in [0.25, 0.3) is 10.0 Å². The summed E-state index contributed by atoms with van der Waals surface area (Å²) in [5, 5.41) is 2.91. The number of para-hydroxylation sites is 1. The maximum atomic E-state index is 13.6. The number of nitrogens with two attached hydrogens (primary N) is 1. The Bertz CT molecular complexity index is 1770. The van der Waals surface area contributed by atoms with Crippen molar-refractivity contribution in [1.82, 2.24) is 19.9 Å². The molecule has 2 heterocycles. The predicted molar refractivity (Wildman–Crippen MR) is 170 cm³/mol. The number of aryl methyl sites for hydroxylation is 1. The lowest BCUT2D eigenvalue weighted by atomic mass is 10.1. The topological polar surface area (TPSA) is 190 Å². The number of nitrogens with one attached hydrogen (secondary N) is 2. The van der Waals surface area contributed by atoms with E-state index in [4.69, 9.17) is 10.5 Å². The molecular weight excluding hydrogens is 620 g/mol. The molecule has 3 aromatic rings. The maximum Gasteiger partial charge on any atom is 0.264 e. The van der Waals surface area contributed by atoms with Crippen LogP contribution < -0.4 is 20.5 Å². The number of carbonyl (C=O) groups is 4. The molecule has 2 aromatic carbocycles. The van der Waals surface area contributed by atoms with Crippen LogP contribution in [0.1, 0.15) is 52.7 Å². The Labute approximate surface area is 265 Å². The molecule has 15 heteroatoms. The number of carbonyl (C=O) groups excluding carboxylic acids is 4. The van der Waals surface area contributed by atoms with E-state index >= 15 is 0 Å². The number of Topliss-reactive ketones (excluding diaryl/α,β-unsaturated/α-hetero) is 2. The molecule has 2 atom stereocenters. The number of hydrogen-bond acceptors (Lipinski definition) is 10. The minimum Gasteiger partial charge on any atom is -0.496 e. The Morgan fingerprint density at radius 3 is 2.58 bits per heavy atom. The SMILES string of the molecule is COc1cc(C)c(S(=O)(=O)NC(N)=NCCC[C@H](NC(=O)[C@@H]2CC(=O)CN2C(C)=O)C(=O)c2nc3ccccc3s2)c(C)c1C.